The molecule has 1 saturated carbocycles. The van der Waals surface area contributed by atoms with Crippen molar-refractivity contribution in [2.24, 2.45) is 11.8 Å². The van der Waals surface area contributed by atoms with E-state index in [1.54, 1.807) is 0 Å². The van der Waals surface area contributed by atoms with E-state index in [4.69, 9.17) is 0 Å². The minimum atomic E-state index is 0.472. The molecular weight excluding hydrogens is 212 g/mol. The number of hydrogen-bond acceptors (Lipinski definition) is 3. The minimum Gasteiger partial charge on any atom is -0.316 e. The third-order valence-electron chi connectivity index (χ3n) is 4.70. The summed E-state index contributed by atoms with van der Waals surface area (Å²) in [5, 5.41) is 3.54. The maximum absolute atomic E-state index is 11.3. The molecule has 17 heavy (non-hydrogen) atoms. The molecule has 1 heterocycles. The highest BCUT2D eigenvalue weighted by Crippen LogP contribution is 2.32. The molecule has 0 spiro atoms. The number of likely N-dealkylation sites (tertiary alicyclic amines) is 1. The largest absolute Gasteiger partial charge is 0.316 e. The van der Waals surface area contributed by atoms with E-state index in [1.807, 2.05) is 0 Å². The van der Waals surface area contributed by atoms with Gasteiger partial charge in [-0.05, 0) is 64.7 Å². The number of carbonyl (C=O) groups excluding carboxylic acids is 1. The summed E-state index contributed by atoms with van der Waals surface area (Å²) >= 11 is 0. The van der Waals surface area contributed by atoms with Crippen LogP contribution >= 0.6 is 0 Å². The Bertz CT molecular complexity index is 249. The Balaban J connectivity index is 1.89. The number of nitrogens with zero attached hydrogens (tertiary/aromatic N) is 1. The maximum atomic E-state index is 11.3. The van der Waals surface area contributed by atoms with Crippen LogP contribution in [0.5, 0.6) is 0 Å². The highest BCUT2D eigenvalue weighted by Gasteiger charge is 2.32. The Morgan fingerprint density at radius 2 is 1.65 bits per heavy atom. The van der Waals surface area contributed by atoms with Crippen molar-refractivity contribution in [3.63, 3.8) is 0 Å². The smallest absolute Gasteiger partial charge is 0.132 e. The fourth-order valence-corrected chi connectivity index (χ4v) is 3.57. The van der Waals surface area contributed by atoms with E-state index in [0.717, 1.165) is 37.5 Å². The van der Waals surface area contributed by atoms with Crippen molar-refractivity contribution in [1.82, 2.24) is 10.2 Å². The zero-order valence-electron chi connectivity index (χ0n) is 11.2. The molecule has 2 rings (SSSR count). The van der Waals surface area contributed by atoms with Crippen molar-refractivity contribution in [2.45, 2.75) is 44.6 Å². The topological polar surface area (TPSA) is 32.3 Å². The van der Waals surface area contributed by atoms with Crippen molar-refractivity contribution in [3.05, 3.63) is 0 Å². The van der Waals surface area contributed by atoms with Crippen LogP contribution in [0.4, 0.5) is 0 Å². The zero-order chi connectivity index (χ0) is 12.3. The van der Waals surface area contributed by atoms with Crippen molar-refractivity contribution in [2.75, 3.05) is 27.2 Å². The third-order valence-corrected chi connectivity index (χ3v) is 4.70. The monoisotopic (exact) mass is 238 g/mol. The van der Waals surface area contributed by atoms with E-state index in [0.29, 0.717) is 11.8 Å². The summed E-state index contributed by atoms with van der Waals surface area (Å²) in [6.07, 6.45) is 6.47. The number of rotatable bonds is 3. The van der Waals surface area contributed by atoms with Gasteiger partial charge in [0.15, 0.2) is 0 Å². The predicted octanol–water partition coefficient (Wildman–Crippen LogP) is 1.68. The summed E-state index contributed by atoms with van der Waals surface area (Å²) in [7, 11) is 4.31. The van der Waals surface area contributed by atoms with Gasteiger partial charge in [0.25, 0.3) is 0 Å². The standard InChI is InChI=1S/C14H26N2O/c1-15-14(11-3-5-13(17)6-4-11)12-7-9-16(2)10-8-12/h11-12,14-15H,3-10H2,1-2H3. The number of carbonyl (C=O) groups is 1. The number of ketones is 1. The average Bonchev–Trinajstić information content (AvgIpc) is 2.35. The highest BCUT2D eigenvalue weighted by molar-refractivity contribution is 5.79. The summed E-state index contributed by atoms with van der Waals surface area (Å²) in [6, 6.07) is 0.636. The van der Waals surface area contributed by atoms with Gasteiger partial charge in [0.2, 0.25) is 0 Å². The molecule has 0 bridgehead atoms. The Morgan fingerprint density at radius 1 is 1.12 bits per heavy atom. The van der Waals surface area contributed by atoms with Crippen LogP contribution in [-0.2, 0) is 4.79 Å². The molecule has 1 aliphatic heterocycles. The minimum absolute atomic E-state index is 0.472. The molecule has 1 aliphatic carbocycles. The van der Waals surface area contributed by atoms with Crippen LogP contribution in [0.3, 0.4) is 0 Å². The second-order valence-electron chi connectivity index (χ2n) is 5.83. The van der Waals surface area contributed by atoms with E-state index in [2.05, 4.69) is 24.3 Å². The molecule has 3 nitrogen and oxygen atoms in total. The highest BCUT2D eigenvalue weighted by atomic mass is 16.1. The number of hydrogen-bond donors (Lipinski definition) is 1. The van der Waals surface area contributed by atoms with Gasteiger partial charge in [-0.2, -0.15) is 0 Å². The van der Waals surface area contributed by atoms with Crippen LogP contribution in [0.1, 0.15) is 38.5 Å². The Hall–Kier alpha value is -0.410. The van der Waals surface area contributed by atoms with Crippen LogP contribution in [0.25, 0.3) is 0 Å². The number of piperidine rings is 1. The Labute approximate surface area is 105 Å². The van der Waals surface area contributed by atoms with E-state index in [9.17, 15) is 4.79 Å². The van der Waals surface area contributed by atoms with Gasteiger partial charge < -0.3 is 10.2 Å². The van der Waals surface area contributed by atoms with Gasteiger partial charge in [-0.1, -0.05) is 0 Å². The van der Waals surface area contributed by atoms with Gasteiger partial charge in [0.1, 0.15) is 5.78 Å². The molecule has 1 atom stereocenters. The SMILES string of the molecule is CNC(C1CCC(=O)CC1)C1CCN(C)CC1. The molecule has 0 aromatic rings. The zero-order valence-corrected chi connectivity index (χ0v) is 11.2. The molecule has 2 fully saturated rings. The van der Waals surface area contributed by atoms with Crippen LogP contribution in [0, 0.1) is 11.8 Å². The van der Waals surface area contributed by atoms with E-state index < -0.39 is 0 Å². The van der Waals surface area contributed by atoms with Gasteiger partial charge in [-0.25, -0.2) is 0 Å². The molecule has 98 valence electrons. The normalized spacial score (nSPS) is 27.3. The van der Waals surface area contributed by atoms with E-state index in [1.165, 1.54) is 25.9 Å². The van der Waals surface area contributed by atoms with Gasteiger partial charge in [0, 0.05) is 18.9 Å². The molecule has 1 saturated heterocycles. The lowest BCUT2D eigenvalue weighted by Gasteiger charge is -2.39. The first kappa shape index (κ1) is 13.0. The second-order valence-corrected chi connectivity index (χ2v) is 5.83. The molecule has 0 radical (unpaired) electrons. The third kappa shape index (κ3) is 3.29. The molecular formula is C14H26N2O. The van der Waals surface area contributed by atoms with Crippen molar-refractivity contribution < 1.29 is 4.79 Å². The first-order valence-corrected chi connectivity index (χ1v) is 7.08. The van der Waals surface area contributed by atoms with Crippen LogP contribution in [-0.4, -0.2) is 43.9 Å². The number of nitrogens with one attached hydrogen (secondary N) is 1. The molecule has 0 aromatic heterocycles. The molecule has 0 aromatic carbocycles. The summed E-state index contributed by atoms with van der Waals surface area (Å²) in [4.78, 5) is 13.7. The quantitative estimate of drug-likeness (QED) is 0.812. The van der Waals surface area contributed by atoms with Gasteiger partial charge in [-0.3, -0.25) is 4.79 Å². The molecule has 1 N–H and O–H groups in total. The summed E-state index contributed by atoms with van der Waals surface area (Å²) in [5.74, 6) is 2.01. The lowest BCUT2D eigenvalue weighted by molar-refractivity contribution is -0.121. The average molecular weight is 238 g/mol. The fraction of sp³-hybridized carbons (Fsp3) is 0.929. The molecule has 0 amide bonds. The number of Topliss-reactive ketones (excluding diaryl/α,β-unsaturated/α-hetero) is 1. The van der Waals surface area contributed by atoms with Crippen molar-refractivity contribution in [3.8, 4) is 0 Å². The summed E-state index contributed by atoms with van der Waals surface area (Å²) in [5.41, 5.74) is 0. The molecule has 3 heteroatoms. The lowest BCUT2D eigenvalue weighted by Crippen LogP contribution is -2.46. The second kappa shape index (κ2) is 5.96. The lowest BCUT2D eigenvalue weighted by atomic mass is 9.75. The first-order chi connectivity index (χ1) is 8.20. The van der Waals surface area contributed by atoms with Gasteiger partial charge in [-0.15, -0.1) is 0 Å². The summed E-state index contributed by atoms with van der Waals surface area (Å²) < 4.78 is 0. The Kier molecular flexibility index (Phi) is 4.57. The Morgan fingerprint density at radius 3 is 2.18 bits per heavy atom. The predicted molar refractivity (Wildman–Crippen MR) is 70.0 cm³/mol. The van der Waals surface area contributed by atoms with E-state index in [-0.39, 0.29) is 0 Å². The molecule has 2 aliphatic rings. The summed E-state index contributed by atoms with van der Waals surface area (Å²) in [6.45, 7) is 2.46. The van der Waals surface area contributed by atoms with Crippen molar-refractivity contribution in [1.29, 1.82) is 0 Å². The maximum Gasteiger partial charge on any atom is 0.132 e. The van der Waals surface area contributed by atoms with Crippen LogP contribution in [0.15, 0.2) is 0 Å². The first-order valence-electron chi connectivity index (χ1n) is 7.08. The van der Waals surface area contributed by atoms with Gasteiger partial charge in [0.05, 0.1) is 0 Å². The van der Waals surface area contributed by atoms with Crippen LogP contribution < -0.4 is 5.32 Å². The fourth-order valence-electron chi connectivity index (χ4n) is 3.57. The van der Waals surface area contributed by atoms with Crippen molar-refractivity contribution >= 4 is 5.78 Å². The van der Waals surface area contributed by atoms with Gasteiger partial charge >= 0.3 is 0 Å². The van der Waals surface area contributed by atoms with Crippen LogP contribution in [0.2, 0.25) is 0 Å². The van der Waals surface area contributed by atoms with E-state index >= 15 is 0 Å². The molecule has 1 unspecified atom stereocenters.